The van der Waals surface area contributed by atoms with Gasteiger partial charge in [0.2, 0.25) is 17.7 Å². The minimum atomic E-state index is -0.888. The number of fused-ring (bicyclic) bond motifs is 1. The SMILES string of the molecule is CC(C)C1=C(Sc2cc(Cl)cc(Cl)c2)[N+](COC(=O)NC(=O)CCl)(Cc2cnc3ccccc3c2)C=N1. The van der Waals surface area contributed by atoms with E-state index in [2.05, 4.69) is 16.4 Å². The Balaban J connectivity index is 1.75. The molecule has 192 valence electrons. The minimum Gasteiger partial charge on any atom is -0.398 e. The van der Waals surface area contributed by atoms with Crippen molar-refractivity contribution in [2.24, 2.45) is 10.9 Å². The molecule has 0 saturated carbocycles. The fourth-order valence-corrected chi connectivity index (χ4v) is 5.94. The topological polar surface area (TPSA) is 80.6 Å². The number of alkyl halides is 1. The van der Waals surface area contributed by atoms with Crippen molar-refractivity contribution < 1.29 is 18.8 Å². The third-order valence-corrected chi connectivity index (χ3v) is 7.46. The smallest absolute Gasteiger partial charge is 0.398 e. The lowest BCUT2D eigenvalue weighted by Gasteiger charge is -2.31. The lowest BCUT2D eigenvalue weighted by molar-refractivity contribution is -0.819. The maximum Gasteiger partial charge on any atom is 0.418 e. The number of aromatic nitrogens is 1. The van der Waals surface area contributed by atoms with Gasteiger partial charge in [0.25, 0.3) is 0 Å². The quantitative estimate of drug-likeness (QED) is 0.231. The summed E-state index contributed by atoms with van der Waals surface area (Å²) < 4.78 is 5.60. The van der Waals surface area contributed by atoms with Gasteiger partial charge in [-0.05, 0) is 42.1 Å². The summed E-state index contributed by atoms with van der Waals surface area (Å²) in [7, 11) is 0. The minimum absolute atomic E-state index is 0.0603. The highest BCUT2D eigenvalue weighted by atomic mass is 35.5. The van der Waals surface area contributed by atoms with Crippen LogP contribution in [0.15, 0.2) is 75.3 Å². The van der Waals surface area contributed by atoms with Crippen LogP contribution in [0.1, 0.15) is 19.4 Å². The van der Waals surface area contributed by atoms with Gasteiger partial charge in [0, 0.05) is 38.0 Å². The number of aliphatic imine (C=N–C) groups is 1. The molecule has 0 aliphatic carbocycles. The Kier molecular flexibility index (Phi) is 8.77. The molecule has 1 aliphatic heterocycles. The standard InChI is InChI=1S/C26H23Cl3N4O3S/c1-16(2)24-25(37-21-9-19(28)8-20(29)10-21)33(14-31-24,15-36-26(35)32-23(34)11-27)13-17-7-18-5-3-4-6-22(18)30-12-17/h3-10,12,14,16H,11,13,15H2,1-2H3/p+1. The van der Waals surface area contributed by atoms with E-state index in [1.54, 1.807) is 18.6 Å². The number of rotatable bonds is 8. The lowest BCUT2D eigenvalue weighted by atomic mass is 10.1. The number of nitrogens with zero attached hydrogens (tertiary/aromatic N) is 3. The van der Waals surface area contributed by atoms with Crippen molar-refractivity contribution in [3.05, 3.63) is 81.1 Å². The fraction of sp³-hybridized carbons (Fsp3) is 0.231. The Morgan fingerprint density at radius 3 is 2.54 bits per heavy atom. The number of amides is 2. The number of quaternary nitrogens is 1. The van der Waals surface area contributed by atoms with Crippen LogP contribution in [0.3, 0.4) is 0 Å². The molecule has 0 radical (unpaired) electrons. The second kappa shape index (κ2) is 11.8. The zero-order valence-corrected chi connectivity index (χ0v) is 23.2. The molecule has 2 amide bonds. The number of halogens is 3. The van der Waals surface area contributed by atoms with E-state index < -0.39 is 12.0 Å². The third-order valence-electron chi connectivity index (χ3n) is 5.54. The molecule has 0 bridgehead atoms. The molecule has 7 nitrogen and oxygen atoms in total. The number of thioether (sulfide) groups is 1. The van der Waals surface area contributed by atoms with Crippen LogP contribution in [0.4, 0.5) is 4.79 Å². The van der Waals surface area contributed by atoms with Crippen molar-refractivity contribution in [3.63, 3.8) is 0 Å². The fourth-order valence-electron chi connectivity index (χ4n) is 3.88. The maximum absolute atomic E-state index is 12.4. The monoisotopic (exact) mass is 577 g/mol. The van der Waals surface area contributed by atoms with Crippen molar-refractivity contribution in [3.8, 4) is 0 Å². The number of ether oxygens (including phenoxy) is 1. The van der Waals surface area contributed by atoms with Gasteiger partial charge in [-0.25, -0.2) is 14.3 Å². The van der Waals surface area contributed by atoms with Gasteiger partial charge in [-0.1, -0.05) is 55.2 Å². The number of carbonyl (C=O) groups is 2. The number of para-hydroxylation sites is 1. The van der Waals surface area contributed by atoms with Crippen LogP contribution in [0.25, 0.3) is 10.9 Å². The van der Waals surface area contributed by atoms with Gasteiger partial charge in [-0.3, -0.25) is 15.1 Å². The van der Waals surface area contributed by atoms with Gasteiger partial charge >= 0.3 is 6.09 Å². The van der Waals surface area contributed by atoms with Crippen LogP contribution in [0.5, 0.6) is 0 Å². The summed E-state index contributed by atoms with van der Waals surface area (Å²) in [5.41, 5.74) is 2.64. The van der Waals surface area contributed by atoms with Crippen molar-refractivity contribution in [2.75, 3.05) is 12.6 Å². The summed E-state index contributed by atoms with van der Waals surface area (Å²) in [6, 6.07) is 15.2. The molecule has 1 atom stereocenters. The van der Waals surface area contributed by atoms with E-state index in [9.17, 15) is 9.59 Å². The van der Waals surface area contributed by atoms with Crippen molar-refractivity contribution >= 4 is 75.8 Å². The van der Waals surface area contributed by atoms with Gasteiger partial charge in [0.05, 0.1) is 5.52 Å². The van der Waals surface area contributed by atoms with E-state index in [0.29, 0.717) is 16.6 Å². The van der Waals surface area contributed by atoms with Gasteiger partial charge in [0.15, 0.2) is 6.34 Å². The van der Waals surface area contributed by atoms with Crippen LogP contribution >= 0.6 is 46.6 Å². The molecule has 1 aromatic heterocycles. The number of pyridine rings is 1. The van der Waals surface area contributed by atoms with Gasteiger partial charge < -0.3 is 4.74 Å². The normalized spacial score (nSPS) is 17.0. The number of benzene rings is 2. The highest BCUT2D eigenvalue weighted by Crippen LogP contribution is 2.44. The number of hydrogen-bond donors (Lipinski definition) is 1. The van der Waals surface area contributed by atoms with Crippen molar-refractivity contribution in [2.45, 2.75) is 25.3 Å². The van der Waals surface area contributed by atoms with E-state index in [0.717, 1.165) is 32.1 Å². The zero-order chi connectivity index (χ0) is 26.6. The molecule has 0 fully saturated rings. The van der Waals surface area contributed by atoms with E-state index in [-0.39, 0.29) is 23.0 Å². The average molecular weight is 579 g/mol. The highest BCUT2D eigenvalue weighted by molar-refractivity contribution is 8.03. The molecule has 1 unspecified atom stereocenters. The molecule has 1 aliphatic rings. The first-order chi connectivity index (χ1) is 17.7. The van der Waals surface area contributed by atoms with Crippen molar-refractivity contribution in [1.82, 2.24) is 10.3 Å². The summed E-state index contributed by atoms with van der Waals surface area (Å²) >= 11 is 19.5. The summed E-state index contributed by atoms with van der Waals surface area (Å²) in [5, 5.41) is 4.97. The molecule has 0 saturated heterocycles. The summed E-state index contributed by atoms with van der Waals surface area (Å²) in [5.74, 6) is -0.920. The third kappa shape index (κ3) is 6.64. The molecule has 0 spiro atoms. The first-order valence-corrected chi connectivity index (χ1v) is 13.5. The second-order valence-corrected chi connectivity index (χ2v) is 11.0. The summed E-state index contributed by atoms with van der Waals surface area (Å²) in [6.45, 7) is 4.36. The van der Waals surface area contributed by atoms with E-state index >= 15 is 0 Å². The van der Waals surface area contributed by atoms with Gasteiger partial charge in [-0.2, -0.15) is 0 Å². The average Bonchev–Trinajstić information content (AvgIpc) is 3.20. The molecule has 4 rings (SSSR count). The van der Waals surface area contributed by atoms with Crippen molar-refractivity contribution in [1.29, 1.82) is 0 Å². The first kappa shape index (κ1) is 27.4. The largest absolute Gasteiger partial charge is 0.418 e. The van der Waals surface area contributed by atoms with Crippen LogP contribution in [-0.4, -0.2) is 40.4 Å². The van der Waals surface area contributed by atoms with E-state index in [1.165, 1.54) is 11.8 Å². The Bertz CT molecular complexity index is 1390. The summed E-state index contributed by atoms with van der Waals surface area (Å²) in [6.07, 6.45) is 2.68. The number of hydrogen-bond acceptors (Lipinski definition) is 6. The van der Waals surface area contributed by atoms with E-state index in [1.807, 2.05) is 50.2 Å². The molecule has 37 heavy (non-hydrogen) atoms. The Morgan fingerprint density at radius 1 is 1.11 bits per heavy atom. The molecule has 3 aromatic rings. The molecular formula is C26H24Cl3N4O3S+. The van der Waals surface area contributed by atoms with Crippen LogP contribution in [0, 0.1) is 5.92 Å². The van der Waals surface area contributed by atoms with Crippen LogP contribution in [0.2, 0.25) is 10.0 Å². The summed E-state index contributed by atoms with van der Waals surface area (Å²) in [4.78, 5) is 34.1. The Labute approximate surface area is 234 Å². The number of alkyl carbamates (subject to hydrolysis) is 1. The number of imide groups is 1. The molecule has 1 N–H and O–H groups in total. The molecule has 2 heterocycles. The van der Waals surface area contributed by atoms with Crippen LogP contribution < -0.4 is 5.32 Å². The van der Waals surface area contributed by atoms with Crippen LogP contribution in [-0.2, 0) is 16.1 Å². The van der Waals surface area contributed by atoms with Gasteiger partial charge in [-0.15, -0.1) is 11.6 Å². The first-order valence-electron chi connectivity index (χ1n) is 11.4. The lowest BCUT2D eigenvalue weighted by Crippen LogP contribution is -2.46. The number of carbonyl (C=O) groups excluding carboxylic acids is 2. The number of nitrogens with one attached hydrogen (secondary N) is 1. The number of allylic oxidation sites excluding steroid dienone is 1. The molecule has 11 heteroatoms. The Morgan fingerprint density at radius 2 is 1.84 bits per heavy atom. The van der Waals surface area contributed by atoms with E-state index in [4.69, 9.17) is 44.5 Å². The molecular weight excluding hydrogens is 555 g/mol. The second-order valence-electron chi connectivity index (χ2n) is 8.77. The predicted octanol–water partition coefficient (Wildman–Crippen LogP) is 6.97. The van der Waals surface area contributed by atoms with Gasteiger partial charge in [0.1, 0.15) is 18.1 Å². The molecule has 2 aromatic carbocycles. The highest BCUT2D eigenvalue weighted by Gasteiger charge is 2.42. The zero-order valence-electron chi connectivity index (χ0n) is 20.1. The Hall–Kier alpha value is -2.62. The predicted molar refractivity (Wildman–Crippen MR) is 149 cm³/mol. The maximum atomic E-state index is 12.4.